The van der Waals surface area contributed by atoms with Gasteiger partial charge in [0, 0.05) is 24.7 Å². The third-order valence-corrected chi connectivity index (χ3v) is 4.28. The molecule has 1 aromatic heterocycles. The van der Waals surface area contributed by atoms with Crippen LogP contribution in [0.1, 0.15) is 57.3 Å². The lowest BCUT2D eigenvalue weighted by Gasteiger charge is -2.27. The van der Waals surface area contributed by atoms with Crippen molar-refractivity contribution in [3.63, 3.8) is 0 Å². The molecule has 0 aliphatic heterocycles. The molecule has 3 nitrogen and oxygen atoms in total. The molecule has 2 N–H and O–H groups in total. The molecule has 1 saturated carbocycles. The number of aryl methyl sites for hydroxylation is 2. The van der Waals surface area contributed by atoms with E-state index in [2.05, 4.69) is 29.7 Å². The van der Waals surface area contributed by atoms with Crippen LogP contribution < -0.4 is 5.73 Å². The maximum absolute atomic E-state index is 6.41. The highest BCUT2D eigenvalue weighted by atomic mass is 15.3. The van der Waals surface area contributed by atoms with Crippen LogP contribution in [0.4, 0.5) is 0 Å². The summed E-state index contributed by atoms with van der Waals surface area (Å²) in [7, 11) is 0. The Morgan fingerprint density at radius 1 is 1.33 bits per heavy atom. The second-order valence-corrected chi connectivity index (χ2v) is 5.56. The van der Waals surface area contributed by atoms with E-state index in [9.17, 15) is 0 Å². The minimum Gasteiger partial charge on any atom is -0.327 e. The number of hydrogen-bond donors (Lipinski definition) is 1. The Kier molecular flexibility index (Phi) is 4.81. The molecule has 1 aliphatic carbocycles. The van der Waals surface area contributed by atoms with Gasteiger partial charge in [-0.1, -0.05) is 26.2 Å². The Labute approximate surface area is 111 Å². The number of nitrogens with two attached hydrogens (primary N) is 1. The van der Waals surface area contributed by atoms with Crippen LogP contribution in [0.3, 0.4) is 0 Å². The summed E-state index contributed by atoms with van der Waals surface area (Å²) < 4.78 is 2.13. The minimum atomic E-state index is 0.317. The Hall–Kier alpha value is -0.830. The Balaban J connectivity index is 2.00. The van der Waals surface area contributed by atoms with Gasteiger partial charge in [-0.25, -0.2) is 0 Å². The molecule has 1 aliphatic rings. The van der Waals surface area contributed by atoms with Crippen LogP contribution in [0.5, 0.6) is 0 Å². The van der Waals surface area contributed by atoms with Gasteiger partial charge in [0.2, 0.25) is 0 Å². The van der Waals surface area contributed by atoms with E-state index in [1.165, 1.54) is 43.5 Å². The van der Waals surface area contributed by atoms with Gasteiger partial charge >= 0.3 is 0 Å². The Morgan fingerprint density at radius 2 is 2.06 bits per heavy atom. The van der Waals surface area contributed by atoms with Gasteiger partial charge in [-0.2, -0.15) is 5.10 Å². The predicted molar refractivity (Wildman–Crippen MR) is 75.5 cm³/mol. The van der Waals surface area contributed by atoms with Crippen molar-refractivity contribution in [2.75, 3.05) is 0 Å². The zero-order chi connectivity index (χ0) is 13.0. The van der Waals surface area contributed by atoms with Crippen molar-refractivity contribution in [2.24, 2.45) is 11.7 Å². The van der Waals surface area contributed by atoms with E-state index in [0.717, 1.165) is 25.3 Å². The third kappa shape index (κ3) is 3.14. The molecular weight excluding hydrogens is 222 g/mol. The molecule has 0 amide bonds. The van der Waals surface area contributed by atoms with Crippen molar-refractivity contribution < 1.29 is 0 Å². The molecule has 1 heterocycles. The van der Waals surface area contributed by atoms with Crippen LogP contribution >= 0.6 is 0 Å². The molecule has 0 bridgehead atoms. The quantitative estimate of drug-likeness (QED) is 0.872. The first-order valence-electron chi connectivity index (χ1n) is 7.55. The van der Waals surface area contributed by atoms with E-state index in [0.29, 0.717) is 6.04 Å². The summed E-state index contributed by atoms with van der Waals surface area (Å²) in [5.74, 6) is 0.726. The lowest BCUT2D eigenvalue weighted by atomic mass is 9.82. The first-order valence-corrected chi connectivity index (χ1v) is 7.55. The molecule has 0 aromatic carbocycles. The summed E-state index contributed by atoms with van der Waals surface area (Å²) in [6, 6.07) is 2.56. The van der Waals surface area contributed by atoms with E-state index in [4.69, 9.17) is 5.73 Å². The lowest BCUT2D eigenvalue weighted by Crippen LogP contribution is -2.34. The molecule has 1 fully saturated rings. The topological polar surface area (TPSA) is 43.8 Å². The van der Waals surface area contributed by atoms with Crippen molar-refractivity contribution in [3.8, 4) is 0 Å². The van der Waals surface area contributed by atoms with Crippen LogP contribution in [0.25, 0.3) is 0 Å². The van der Waals surface area contributed by atoms with E-state index in [1.54, 1.807) is 0 Å². The molecule has 18 heavy (non-hydrogen) atoms. The van der Waals surface area contributed by atoms with Gasteiger partial charge in [0.15, 0.2) is 0 Å². The summed E-state index contributed by atoms with van der Waals surface area (Å²) >= 11 is 0. The summed E-state index contributed by atoms with van der Waals surface area (Å²) in [6.07, 6.45) is 8.78. The van der Waals surface area contributed by atoms with Gasteiger partial charge < -0.3 is 5.73 Å². The summed E-state index contributed by atoms with van der Waals surface area (Å²) in [5.41, 5.74) is 8.94. The minimum absolute atomic E-state index is 0.317. The molecule has 3 heteroatoms. The van der Waals surface area contributed by atoms with Crippen LogP contribution in [0.15, 0.2) is 6.07 Å². The van der Waals surface area contributed by atoms with Crippen molar-refractivity contribution in [3.05, 3.63) is 17.5 Å². The predicted octanol–water partition coefficient (Wildman–Crippen LogP) is 2.92. The highest BCUT2D eigenvalue weighted by Crippen LogP contribution is 2.27. The van der Waals surface area contributed by atoms with Crippen molar-refractivity contribution >= 4 is 0 Å². The van der Waals surface area contributed by atoms with Crippen molar-refractivity contribution in [1.29, 1.82) is 0 Å². The normalized spacial score (nSPS) is 19.1. The first kappa shape index (κ1) is 13.6. The number of aromatic nitrogens is 2. The maximum atomic E-state index is 6.41. The Bertz CT molecular complexity index is 364. The first-order chi connectivity index (χ1) is 8.74. The highest BCUT2D eigenvalue weighted by Gasteiger charge is 2.22. The summed E-state index contributed by atoms with van der Waals surface area (Å²) in [5, 5.41) is 4.61. The smallest absolute Gasteiger partial charge is 0.0624 e. The van der Waals surface area contributed by atoms with Gasteiger partial charge in [-0.15, -0.1) is 0 Å². The second-order valence-electron chi connectivity index (χ2n) is 5.56. The number of hydrogen-bond acceptors (Lipinski definition) is 2. The largest absolute Gasteiger partial charge is 0.327 e. The molecule has 1 aromatic rings. The van der Waals surface area contributed by atoms with Gasteiger partial charge in [0.25, 0.3) is 0 Å². The average Bonchev–Trinajstić information content (AvgIpc) is 2.82. The zero-order valence-corrected chi connectivity index (χ0v) is 11.9. The SMILES string of the molecule is CCc1cc(CC(N)C2CCCCC2)n(CC)n1. The monoisotopic (exact) mass is 249 g/mol. The molecule has 0 spiro atoms. The van der Waals surface area contributed by atoms with Gasteiger partial charge in [0.1, 0.15) is 0 Å². The van der Waals surface area contributed by atoms with Gasteiger partial charge in [0.05, 0.1) is 5.69 Å². The second kappa shape index (κ2) is 6.37. The average molecular weight is 249 g/mol. The fourth-order valence-electron chi connectivity index (χ4n) is 3.10. The molecule has 2 rings (SSSR count). The fraction of sp³-hybridized carbons (Fsp3) is 0.800. The van der Waals surface area contributed by atoms with E-state index >= 15 is 0 Å². The van der Waals surface area contributed by atoms with E-state index in [-0.39, 0.29) is 0 Å². The standard InChI is InChI=1S/C15H27N3/c1-3-13-10-14(18(4-2)17-13)11-15(16)12-8-6-5-7-9-12/h10,12,15H,3-9,11,16H2,1-2H3. The summed E-state index contributed by atoms with van der Waals surface area (Å²) in [6.45, 7) is 5.27. The van der Waals surface area contributed by atoms with E-state index in [1.807, 2.05) is 0 Å². The van der Waals surface area contributed by atoms with Gasteiger partial charge in [-0.3, -0.25) is 4.68 Å². The molecule has 0 radical (unpaired) electrons. The number of rotatable bonds is 5. The molecule has 1 atom stereocenters. The van der Waals surface area contributed by atoms with Crippen molar-refractivity contribution in [1.82, 2.24) is 9.78 Å². The third-order valence-electron chi connectivity index (χ3n) is 4.28. The van der Waals surface area contributed by atoms with Crippen LogP contribution in [-0.4, -0.2) is 15.8 Å². The van der Waals surface area contributed by atoms with Crippen LogP contribution in [0.2, 0.25) is 0 Å². The van der Waals surface area contributed by atoms with E-state index < -0.39 is 0 Å². The maximum Gasteiger partial charge on any atom is 0.0624 e. The fourth-order valence-corrected chi connectivity index (χ4v) is 3.10. The van der Waals surface area contributed by atoms with Gasteiger partial charge in [-0.05, 0) is 38.2 Å². The molecule has 102 valence electrons. The molecule has 0 saturated heterocycles. The van der Waals surface area contributed by atoms with Crippen LogP contribution in [-0.2, 0) is 19.4 Å². The molecule has 1 unspecified atom stereocenters. The highest BCUT2D eigenvalue weighted by molar-refractivity contribution is 5.12. The number of nitrogens with zero attached hydrogens (tertiary/aromatic N) is 2. The Morgan fingerprint density at radius 3 is 2.67 bits per heavy atom. The zero-order valence-electron chi connectivity index (χ0n) is 11.9. The van der Waals surface area contributed by atoms with Crippen molar-refractivity contribution in [2.45, 2.75) is 71.4 Å². The summed E-state index contributed by atoms with van der Waals surface area (Å²) in [4.78, 5) is 0. The molecular formula is C15H27N3. The van der Waals surface area contributed by atoms with Crippen LogP contribution in [0, 0.1) is 5.92 Å². The lowest BCUT2D eigenvalue weighted by molar-refractivity contribution is 0.300.